The van der Waals surface area contributed by atoms with Gasteiger partial charge in [-0.1, -0.05) is 0 Å². The summed E-state index contributed by atoms with van der Waals surface area (Å²) < 4.78 is 10.5. The first kappa shape index (κ1) is 10.1. The molecule has 1 fully saturated rings. The molecule has 0 saturated carbocycles. The van der Waals surface area contributed by atoms with Crippen LogP contribution in [0.15, 0.2) is 10.8 Å². The second kappa shape index (κ2) is 4.43. The van der Waals surface area contributed by atoms with Crippen LogP contribution in [0.3, 0.4) is 0 Å². The van der Waals surface area contributed by atoms with E-state index in [-0.39, 0.29) is 6.04 Å². The lowest BCUT2D eigenvalue weighted by atomic mass is 10.1. The van der Waals surface area contributed by atoms with Crippen molar-refractivity contribution in [1.82, 2.24) is 9.88 Å². The first-order chi connectivity index (χ1) is 7.33. The van der Waals surface area contributed by atoms with Crippen LogP contribution < -0.4 is 0 Å². The molecule has 1 aliphatic heterocycles. The van der Waals surface area contributed by atoms with Crippen LogP contribution in [0.5, 0.6) is 0 Å². The van der Waals surface area contributed by atoms with Gasteiger partial charge in [0.05, 0.1) is 25.0 Å². The van der Waals surface area contributed by atoms with Gasteiger partial charge in [0.25, 0.3) is 0 Å². The average molecular weight is 207 g/mol. The maximum Gasteiger partial charge on any atom is 0.181 e. The molecule has 0 aromatic carbocycles. The zero-order valence-electron chi connectivity index (χ0n) is 8.64. The second-order valence-corrected chi connectivity index (χ2v) is 3.48. The summed E-state index contributed by atoms with van der Waals surface area (Å²) >= 11 is 0. The van der Waals surface area contributed by atoms with Crippen molar-refractivity contribution >= 4 is 0 Å². The van der Waals surface area contributed by atoms with Crippen molar-refractivity contribution in [2.75, 3.05) is 26.3 Å². The topological polar surface area (TPSA) is 62.3 Å². The van der Waals surface area contributed by atoms with Crippen LogP contribution >= 0.6 is 0 Å². The van der Waals surface area contributed by atoms with Gasteiger partial charge in [-0.3, -0.25) is 4.90 Å². The number of aromatic nitrogens is 1. The molecule has 2 rings (SSSR count). The van der Waals surface area contributed by atoms with Gasteiger partial charge in [-0.25, -0.2) is 4.98 Å². The van der Waals surface area contributed by atoms with Crippen molar-refractivity contribution in [2.45, 2.75) is 13.0 Å². The summed E-state index contributed by atoms with van der Waals surface area (Å²) in [5.74, 6) is 0.652. The Morgan fingerprint density at radius 2 is 2.27 bits per heavy atom. The minimum Gasteiger partial charge on any atom is -0.445 e. The molecule has 0 aliphatic carbocycles. The molecule has 5 nitrogen and oxygen atoms in total. The van der Waals surface area contributed by atoms with Crippen molar-refractivity contribution in [2.24, 2.45) is 0 Å². The SMILES string of the molecule is Cc1ncoc1C(C#N)N1CCOCC1. The van der Waals surface area contributed by atoms with Crippen molar-refractivity contribution < 1.29 is 9.15 Å². The van der Waals surface area contributed by atoms with Crippen LogP contribution in [0.25, 0.3) is 0 Å². The molecule has 2 heterocycles. The van der Waals surface area contributed by atoms with Gasteiger partial charge in [0.15, 0.2) is 18.2 Å². The molecule has 1 saturated heterocycles. The first-order valence-corrected chi connectivity index (χ1v) is 4.94. The summed E-state index contributed by atoms with van der Waals surface area (Å²) in [6.07, 6.45) is 1.38. The molecule has 0 N–H and O–H groups in total. The molecule has 1 aromatic rings. The Bertz CT molecular complexity index is 363. The highest BCUT2D eigenvalue weighted by molar-refractivity contribution is 5.17. The molecule has 0 radical (unpaired) electrons. The predicted octanol–water partition coefficient (Wildman–Crippen LogP) is 0.880. The van der Waals surface area contributed by atoms with E-state index in [2.05, 4.69) is 16.0 Å². The fourth-order valence-electron chi connectivity index (χ4n) is 1.72. The Morgan fingerprint density at radius 3 is 2.80 bits per heavy atom. The molecular weight excluding hydrogens is 194 g/mol. The molecule has 5 heteroatoms. The summed E-state index contributed by atoms with van der Waals surface area (Å²) in [6.45, 7) is 4.72. The third-order valence-electron chi connectivity index (χ3n) is 2.56. The lowest BCUT2D eigenvalue weighted by Crippen LogP contribution is -2.38. The van der Waals surface area contributed by atoms with E-state index in [1.165, 1.54) is 6.39 Å². The first-order valence-electron chi connectivity index (χ1n) is 4.94. The third kappa shape index (κ3) is 2.01. The van der Waals surface area contributed by atoms with E-state index in [1.807, 2.05) is 6.92 Å². The normalized spacial score (nSPS) is 19.7. The van der Waals surface area contributed by atoms with Gasteiger partial charge in [0.2, 0.25) is 0 Å². The van der Waals surface area contributed by atoms with Gasteiger partial charge < -0.3 is 9.15 Å². The molecular formula is C10H13N3O2. The lowest BCUT2D eigenvalue weighted by molar-refractivity contribution is 0.0230. The highest BCUT2D eigenvalue weighted by atomic mass is 16.5. The third-order valence-corrected chi connectivity index (χ3v) is 2.56. The number of morpholine rings is 1. The van der Waals surface area contributed by atoms with Crippen LogP contribution in [0, 0.1) is 18.3 Å². The van der Waals surface area contributed by atoms with Gasteiger partial charge in [0, 0.05) is 13.1 Å². The second-order valence-electron chi connectivity index (χ2n) is 3.48. The molecule has 1 atom stereocenters. The van der Waals surface area contributed by atoms with Crippen LogP contribution in [-0.2, 0) is 4.74 Å². The number of nitriles is 1. The Hall–Kier alpha value is -1.38. The molecule has 1 aromatic heterocycles. The minimum absolute atomic E-state index is 0.337. The highest BCUT2D eigenvalue weighted by Gasteiger charge is 2.26. The van der Waals surface area contributed by atoms with Crippen LogP contribution in [0.2, 0.25) is 0 Å². The number of rotatable bonds is 2. The molecule has 80 valence electrons. The zero-order chi connectivity index (χ0) is 10.7. The van der Waals surface area contributed by atoms with Gasteiger partial charge in [0.1, 0.15) is 0 Å². The van der Waals surface area contributed by atoms with Crippen LogP contribution in [0.4, 0.5) is 0 Å². The zero-order valence-corrected chi connectivity index (χ0v) is 8.64. The highest BCUT2D eigenvalue weighted by Crippen LogP contribution is 2.23. The maximum absolute atomic E-state index is 9.15. The summed E-state index contributed by atoms with van der Waals surface area (Å²) in [5.41, 5.74) is 0.785. The largest absolute Gasteiger partial charge is 0.445 e. The average Bonchev–Trinajstić information content (AvgIpc) is 2.68. The van der Waals surface area contributed by atoms with E-state index in [9.17, 15) is 0 Å². The van der Waals surface area contributed by atoms with Crippen LogP contribution in [0.1, 0.15) is 17.5 Å². The monoisotopic (exact) mass is 207 g/mol. The Labute approximate surface area is 88.3 Å². The maximum atomic E-state index is 9.15. The van der Waals surface area contributed by atoms with Crippen molar-refractivity contribution in [3.05, 3.63) is 17.8 Å². The number of oxazole rings is 1. The summed E-state index contributed by atoms with van der Waals surface area (Å²) in [7, 11) is 0. The number of ether oxygens (including phenoxy) is 1. The van der Waals surface area contributed by atoms with Crippen molar-refractivity contribution in [3.8, 4) is 6.07 Å². The molecule has 0 bridgehead atoms. The smallest absolute Gasteiger partial charge is 0.181 e. The number of hydrogen-bond acceptors (Lipinski definition) is 5. The number of hydrogen-bond donors (Lipinski definition) is 0. The van der Waals surface area contributed by atoms with E-state index >= 15 is 0 Å². The molecule has 1 aliphatic rings. The predicted molar refractivity (Wildman–Crippen MR) is 52.0 cm³/mol. The quantitative estimate of drug-likeness (QED) is 0.720. The molecule has 15 heavy (non-hydrogen) atoms. The van der Waals surface area contributed by atoms with Crippen LogP contribution in [-0.4, -0.2) is 36.2 Å². The lowest BCUT2D eigenvalue weighted by Gasteiger charge is -2.29. The van der Waals surface area contributed by atoms with E-state index < -0.39 is 0 Å². The fourth-order valence-corrected chi connectivity index (χ4v) is 1.72. The van der Waals surface area contributed by atoms with Crippen molar-refractivity contribution in [3.63, 3.8) is 0 Å². The Morgan fingerprint density at radius 1 is 1.53 bits per heavy atom. The van der Waals surface area contributed by atoms with E-state index in [4.69, 9.17) is 14.4 Å². The van der Waals surface area contributed by atoms with E-state index in [0.717, 1.165) is 18.8 Å². The molecule has 1 unspecified atom stereocenters. The Balaban J connectivity index is 2.17. The fraction of sp³-hybridized carbons (Fsp3) is 0.600. The number of nitrogens with zero attached hydrogens (tertiary/aromatic N) is 3. The molecule has 0 amide bonds. The molecule has 0 spiro atoms. The van der Waals surface area contributed by atoms with Gasteiger partial charge in [-0.2, -0.15) is 5.26 Å². The summed E-state index contributed by atoms with van der Waals surface area (Å²) in [6, 6.07) is 1.91. The van der Waals surface area contributed by atoms with E-state index in [0.29, 0.717) is 19.0 Å². The summed E-state index contributed by atoms with van der Waals surface area (Å²) in [4.78, 5) is 6.06. The van der Waals surface area contributed by atoms with Gasteiger partial charge in [-0.15, -0.1) is 0 Å². The van der Waals surface area contributed by atoms with Gasteiger partial charge in [-0.05, 0) is 6.92 Å². The summed E-state index contributed by atoms with van der Waals surface area (Å²) in [5, 5.41) is 9.15. The number of aryl methyl sites for hydroxylation is 1. The standard InChI is InChI=1S/C10H13N3O2/c1-8-10(15-7-12-8)9(6-11)13-2-4-14-5-3-13/h7,9H,2-5H2,1H3. The minimum atomic E-state index is -0.337. The van der Waals surface area contributed by atoms with Gasteiger partial charge >= 0.3 is 0 Å². The Kier molecular flexibility index (Phi) is 2.99. The van der Waals surface area contributed by atoms with Crippen molar-refractivity contribution in [1.29, 1.82) is 5.26 Å². The van der Waals surface area contributed by atoms with E-state index in [1.54, 1.807) is 0 Å².